The minimum Gasteiger partial charge on any atom is -0.452 e. The Morgan fingerprint density at radius 2 is 1.82 bits per heavy atom. The third-order valence-corrected chi connectivity index (χ3v) is 6.24. The van der Waals surface area contributed by atoms with E-state index in [9.17, 15) is 14.0 Å². The number of carbonyl (C=O) groups excluding carboxylic acids is 2. The van der Waals surface area contributed by atoms with Crippen LogP contribution in [0.2, 0.25) is 0 Å². The van der Waals surface area contributed by atoms with Crippen LogP contribution < -0.4 is 4.90 Å². The fourth-order valence-electron chi connectivity index (χ4n) is 3.50. The van der Waals surface area contributed by atoms with Gasteiger partial charge >= 0.3 is 5.97 Å². The maximum Gasteiger partial charge on any atom is 0.339 e. The van der Waals surface area contributed by atoms with Crippen molar-refractivity contribution in [1.82, 2.24) is 15.0 Å². The summed E-state index contributed by atoms with van der Waals surface area (Å²) < 4.78 is 24.4. The van der Waals surface area contributed by atoms with E-state index in [1.165, 1.54) is 17.8 Å². The number of aromatic nitrogens is 2. The number of anilines is 1. The third-order valence-electron chi connectivity index (χ3n) is 5.18. The zero-order valence-electron chi connectivity index (χ0n) is 18.1. The van der Waals surface area contributed by atoms with Crippen molar-refractivity contribution in [1.29, 1.82) is 0 Å². The number of carbonyl (C=O) groups is 2. The zero-order chi connectivity index (χ0) is 23.2. The number of nitrogens with zero attached hydrogens (tertiary/aromatic N) is 4. The molecule has 0 atom stereocenters. The van der Waals surface area contributed by atoms with E-state index in [2.05, 4.69) is 10.1 Å². The number of ether oxygens (including phenoxy) is 1. The number of amides is 1. The molecule has 1 saturated heterocycles. The number of aryl methyl sites for hydroxylation is 1. The molecular formula is C23H23FN4O4S. The minimum absolute atomic E-state index is 0.275. The number of piperazine rings is 1. The molecule has 1 aliphatic rings. The molecule has 8 nitrogen and oxygen atoms in total. The van der Waals surface area contributed by atoms with Gasteiger partial charge in [-0.1, -0.05) is 29.4 Å². The molecule has 0 aliphatic carbocycles. The summed E-state index contributed by atoms with van der Waals surface area (Å²) in [6.07, 6.45) is 0. The number of rotatable bonds is 7. The fraction of sp³-hybridized carbons (Fsp3) is 0.304. The molecule has 0 bridgehead atoms. The van der Waals surface area contributed by atoms with E-state index in [0.29, 0.717) is 59.8 Å². The van der Waals surface area contributed by atoms with Gasteiger partial charge < -0.3 is 19.1 Å². The van der Waals surface area contributed by atoms with E-state index in [-0.39, 0.29) is 18.3 Å². The number of thioether (sulfide) groups is 1. The van der Waals surface area contributed by atoms with Crippen LogP contribution in [0.1, 0.15) is 22.1 Å². The molecule has 10 heteroatoms. The zero-order valence-corrected chi connectivity index (χ0v) is 18.9. The monoisotopic (exact) mass is 470 g/mol. The third kappa shape index (κ3) is 5.70. The number of para-hydroxylation sites is 1. The molecule has 0 radical (unpaired) electrons. The second-order valence-corrected chi connectivity index (χ2v) is 8.43. The molecule has 1 amide bonds. The highest BCUT2D eigenvalue weighted by molar-refractivity contribution is 7.98. The van der Waals surface area contributed by atoms with Crippen molar-refractivity contribution >= 4 is 29.3 Å². The van der Waals surface area contributed by atoms with Crippen LogP contribution in [0.5, 0.6) is 0 Å². The Labute approximate surface area is 194 Å². The summed E-state index contributed by atoms with van der Waals surface area (Å²) in [5, 5.41) is 3.75. The van der Waals surface area contributed by atoms with Gasteiger partial charge in [-0.2, -0.15) is 4.98 Å². The first-order chi connectivity index (χ1) is 16.0. The number of benzene rings is 2. The van der Waals surface area contributed by atoms with Crippen LogP contribution in [0.3, 0.4) is 0 Å². The number of hydrogen-bond acceptors (Lipinski definition) is 8. The van der Waals surface area contributed by atoms with Crippen LogP contribution in [-0.4, -0.2) is 59.7 Å². The Morgan fingerprint density at radius 3 is 2.55 bits per heavy atom. The summed E-state index contributed by atoms with van der Waals surface area (Å²) >= 11 is 1.37. The maximum atomic E-state index is 14.0. The van der Waals surface area contributed by atoms with Crippen molar-refractivity contribution in [2.45, 2.75) is 17.6 Å². The Bertz CT molecular complexity index is 1130. The molecule has 0 spiro atoms. The Morgan fingerprint density at radius 1 is 1.09 bits per heavy atom. The molecular weight excluding hydrogens is 447 g/mol. The Balaban J connectivity index is 1.28. The minimum atomic E-state index is -0.571. The van der Waals surface area contributed by atoms with E-state index >= 15 is 0 Å². The first-order valence-electron chi connectivity index (χ1n) is 10.5. The quantitative estimate of drug-likeness (QED) is 0.384. The van der Waals surface area contributed by atoms with E-state index < -0.39 is 5.97 Å². The van der Waals surface area contributed by atoms with Crippen molar-refractivity contribution < 1.29 is 23.2 Å². The summed E-state index contributed by atoms with van der Waals surface area (Å²) in [6.45, 7) is 3.27. The summed E-state index contributed by atoms with van der Waals surface area (Å²) in [5.74, 6) is 0.297. The second-order valence-electron chi connectivity index (χ2n) is 7.42. The number of hydrogen-bond donors (Lipinski definition) is 0. The molecule has 2 aromatic carbocycles. The highest BCUT2D eigenvalue weighted by atomic mass is 32.2. The molecule has 1 aromatic heterocycles. The van der Waals surface area contributed by atoms with Gasteiger partial charge in [-0.25, -0.2) is 9.18 Å². The molecule has 0 N–H and O–H groups in total. The van der Waals surface area contributed by atoms with Gasteiger partial charge in [-0.05, 0) is 31.2 Å². The van der Waals surface area contributed by atoms with E-state index in [1.54, 1.807) is 48.2 Å². The normalized spacial score (nSPS) is 13.8. The van der Waals surface area contributed by atoms with Crippen molar-refractivity contribution in [2.75, 3.05) is 37.7 Å². The second kappa shape index (κ2) is 10.5. The lowest BCUT2D eigenvalue weighted by atomic mass is 10.2. The summed E-state index contributed by atoms with van der Waals surface area (Å²) in [5.41, 5.74) is 0.900. The maximum absolute atomic E-state index is 14.0. The lowest BCUT2D eigenvalue weighted by Gasteiger charge is -2.36. The SMILES string of the molecule is Cc1noc(CSc2ccccc2C(=O)OCC(=O)N2CCN(c3ccccc3F)CC2)n1. The van der Waals surface area contributed by atoms with Gasteiger partial charge in [0, 0.05) is 31.1 Å². The van der Waals surface area contributed by atoms with Crippen LogP contribution in [0.4, 0.5) is 10.1 Å². The van der Waals surface area contributed by atoms with E-state index in [0.717, 1.165) is 0 Å². The van der Waals surface area contributed by atoms with Gasteiger partial charge in [0.2, 0.25) is 5.89 Å². The smallest absolute Gasteiger partial charge is 0.339 e. The molecule has 0 saturated carbocycles. The van der Waals surface area contributed by atoms with Crippen LogP contribution in [-0.2, 0) is 15.3 Å². The molecule has 3 aromatic rings. The average Bonchev–Trinajstić information content (AvgIpc) is 3.26. The number of halogens is 1. The average molecular weight is 471 g/mol. The van der Waals surface area contributed by atoms with Gasteiger partial charge in [0.15, 0.2) is 12.4 Å². The fourth-order valence-corrected chi connectivity index (χ4v) is 4.38. The molecule has 1 fully saturated rings. The van der Waals surface area contributed by atoms with Gasteiger partial charge in [0.05, 0.1) is 17.0 Å². The lowest BCUT2D eigenvalue weighted by molar-refractivity contribution is -0.134. The highest BCUT2D eigenvalue weighted by Gasteiger charge is 2.24. The molecule has 1 aliphatic heterocycles. The van der Waals surface area contributed by atoms with Crippen molar-refractivity contribution in [3.05, 3.63) is 71.6 Å². The van der Waals surface area contributed by atoms with Crippen LogP contribution in [0.25, 0.3) is 0 Å². The summed E-state index contributed by atoms with van der Waals surface area (Å²) in [6, 6.07) is 13.6. The highest BCUT2D eigenvalue weighted by Crippen LogP contribution is 2.26. The van der Waals surface area contributed by atoms with E-state index in [1.807, 2.05) is 11.0 Å². The Kier molecular flexibility index (Phi) is 7.23. The van der Waals surface area contributed by atoms with Crippen molar-refractivity contribution in [3.63, 3.8) is 0 Å². The largest absolute Gasteiger partial charge is 0.452 e. The topological polar surface area (TPSA) is 88.8 Å². The Hall–Kier alpha value is -3.40. The molecule has 4 rings (SSSR count). The van der Waals surface area contributed by atoms with Crippen LogP contribution >= 0.6 is 11.8 Å². The number of esters is 1. The van der Waals surface area contributed by atoms with Crippen LogP contribution in [0, 0.1) is 12.7 Å². The molecule has 0 unspecified atom stereocenters. The summed E-state index contributed by atoms with van der Waals surface area (Å²) in [4.78, 5) is 33.6. The van der Waals surface area contributed by atoms with Crippen molar-refractivity contribution in [2.24, 2.45) is 0 Å². The molecule has 2 heterocycles. The predicted octanol–water partition coefficient (Wildman–Crippen LogP) is 3.32. The van der Waals surface area contributed by atoms with Gasteiger partial charge in [0.25, 0.3) is 5.91 Å². The van der Waals surface area contributed by atoms with Gasteiger partial charge in [-0.3, -0.25) is 4.79 Å². The first-order valence-corrected chi connectivity index (χ1v) is 11.4. The van der Waals surface area contributed by atoms with Crippen molar-refractivity contribution in [3.8, 4) is 0 Å². The standard InChI is InChI=1S/C23H23FN4O4S/c1-16-25-21(32-26-16)15-33-20-9-5-2-6-17(20)23(30)31-14-22(29)28-12-10-27(11-13-28)19-8-4-3-7-18(19)24/h2-9H,10-15H2,1H3. The first kappa shape index (κ1) is 22.8. The summed E-state index contributed by atoms with van der Waals surface area (Å²) in [7, 11) is 0. The van der Waals surface area contributed by atoms with Gasteiger partial charge in [-0.15, -0.1) is 11.8 Å². The predicted molar refractivity (Wildman–Crippen MR) is 121 cm³/mol. The van der Waals surface area contributed by atoms with Gasteiger partial charge in [0.1, 0.15) is 5.82 Å². The molecule has 172 valence electrons. The van der Waals surface area contributed by atoms with E-state index in [4.69, 9.17) is 9.26 Å². The lowest BCUT2D eigenvalue weighted by Crippen LogP contribution is -2.50. The molecule has 33 heavy (non-hydrogen) atoms. The van der Waals surface area contributed by atoms with Crippen LogP contribution in [0.15, 0.2) is 57.9 Å².